The molecule has 0 radical (unpaired) electrons. The van der Waals surface area contributed by atoms with Crippen LogP contribution in [0, 0.1) is 5.82 Å². The Kier molecular flexibility index (Phi) is 8.14. The normalized spacial score (nSPS) is 10.3. The maximum atomic E-state index is 12.8. The van der Waals surface area contributed by atoms with Gasteiger partial charge < -0.3 is 15.0 Å². The van der Waals surface area contributed by atoms with Crippen LogP contribution in [0.15, 0.2) is 24.3 Å². The van der Waals surface area contributed by atoms with Crippen LogP contribution in [-0.2, 0) is 20.7 Å². The molecule has 1 aromatic carbocycles. The van der Waals surface area contributed by atoms with E-state index in [0.29, 0.717) is 26.2 Å². The molecule has 5 nitrogen and oxygen atoms in total. The van der Waals surface area contributed by atoms with E-state index in [0.717, 1.165) is 12.0 Å². The summed E-state index contributed by atoms with van der Waals surface area (Å²) in [7, 11) is 1.62. The molecule has 0 aliphatic carbocycles. The number of benzene rings is 1. The third-order valence-corrected chi connectivity index (χ3v) is 3.20. The Bertz CT molecular complexity index is 477. The molecule has 6 heteroatoms. The zero-order valence-corrected chi connectivity index (χ0v) is 13.1. The Balaban J connectivity index is 2.30. The molecule has 0 saturated heterocycles. The monoisotopic (exact) mass is 310 g/mol. The van der Waals surface area contributed by atoms with Gasteiger partial charge in [0.25, 0.3) is 0 Å². The van der Waals surface area contributed by atoms with Crippen LogP contribution in [0.5, 0.6) is 0 Å². The summed E-state index contributed by atoms with van der Waals surface area (Å²) in [4.78, 5) is 24.9. The van der Waals surface area contributed by atoms with E-state index in [1.165, 1.54) is 19.1 Å². The van der Waals surface area contributed by atoms with Gasteiger partial charge >= 0.3 is 0 Å². The van der Waals surface area contributed by atoms with E-state index < -0.39 is 0 Å². The van der Waals surface area contributed by atoms with Crippen molar-refractivity contribution in [3.05, 3.63) is 35.6 Å². The molecule has 1 aromatic rings. The third-order valence-electron chi connectivity index (χ3n) is 3.20. The van der Waals surface area contributed by atoms with Gasteiger partial charge in [-0.1, -0.05) is 12.1 Å². The highest BCUT2D eigenvalue weighted by Gasteiger charge is 2.09. The van der Waals surface area contributed by atoms with Crippen LogP contribution in [0.1, 0.15) is 18.9 Å². The van der Waals surface area contributed by atoms with Gasteiger partial charge in [0.1, 0.15) is 5.82 Å². The number of ether oxygens (including phenoxy) is 1. The number of halogens is 1. The maximum absolute atomic E-state index is 12.8. The minimum Gasteiger partial charge on any atom is -0.385 e. The van der Waals surface area contributed by atoms with E-state index in [4.69, 9.17) is 4.74 Å². The molecular formula is C16H23FN2O3. The minimum absolute atomic E-state index is 0.0242. The number of rotatable bonds is 9. The molecule has 0 aromatic heterocycles. The average Bonchev–Trinajstić information content (AvgIpc) is 2.48. The fourth-order valence-electron chi connectivity index (χ4n) is 2.01. The van der Waals surface area contributed by atoms with Crippen LogP contribution >= 0.6 is 0 Å². The zero-order chi connectivity index (χ0) is 16.4. The van der Waals surface area contributed by atoms with Crippen molar-refractivity contribution < 1.29 is 18.7 Å². The molecule has 2 amide bonds. The van der Waals surface area contributed by atoms with Crippen LogP contribution in [0.25, 0.3) is 0 Å². The Hall–Kier alpha value is -1.95. The highest BCUT2D eigenvalue weighted by molar-refractivity contribution is 5.78. The van der Waals surface area contributed by atoms with Crippen LogP contribution in [0.3, 0.4) is 0 Å². The fraction of sp³-hybridized carbons (Fsp3) is 0.500. The van der Waals surface area contributed by atoms with E-state index in [-0.39, 0.29) is 24.1 Å². The fourth-order valence-corrected chi connectivity index (χ4v) is 2.01. The zero-order valence-electron chi connectivity index (χ0n) is 13.1. The third kappa shape index (κ3) is 7.17. The molecule has 22 heavy (non-hydrogen) atoms. The largest absolute Gasteiger partial charge is 0.385 e. The predicted molar refractivity (Wildman–Crippen MR) is 81.9 cm³/mol. The van der Waals surface area contributed by atoms with E-state index in [9.17, 15) is 14.0 Å². The van der Waals surface area contributed by atoms with Crippen LogP contribution in [-0.4, -0.2) is 50.1 Å². The molecule has 0 fully saturated rings. The highest BCUT2D eigenvalue weighted by Crippen LogP contribution is 2.03. The lowest BCUT2D eigenvalue weighted by Crippen LogP contribution is -2.38. The number of methoxy groups -OCH3 is 1. The lowest BCUT2D eigenvalue weighted by Gasteiger charge is -2.21. The summed E-state index contributed by atoms with van der Waals surface area (Å²) in [5.74, 6) is -0.492. The molecule has 0 unspecified atom stereocenters. The molecule has 0 aliphatic rings. The average molecular weight is 310 g/mol. The van der Waals surface area contributed by atoms with Crippen molar-refractivity contribution in [3.63, 3.8) is 0 Å². The highest BCUT2D eigenvalue weighted by atomic mass is 19.1. The van der Waals surface area contributed by atoms with Gasteiger partial charge in [-0.2, -0.15) is 0 Å². The summed E-state index contributed by atoms with van der Waals surface area (Å²) in [6.45, 7) is 3.58. The number of nitrogens with one attached hydrogen (secondary N) is 1. The molecule has 0 atom stereocenters. The van der Waals surface area contributed by atoms with Crippen LogP contribution in [0.4, 0.5) is 4.39 Å². The SMILES string of the molecule is COCCCN(CCNC(=O)Cc1ccc(F)cc1)C(C)=O. The van der Waals surface area contributed by atoms with Crippen molar-refractivity contribution in [1.82, 2.24) is 10.2 Å². The van der Waals surface area contributed by atoms with Crippen molar-refractivity contribution in [2.45, 2.75) is 19.8 Å². The lowest BCUT2D eigenvalue weighted by atomic mass is 10.1. The maximum Gasteiger partial charge on any atom is 0.224 e. The summed E-state index contributed by atoms with van der Waals surface area (Å²) in [6.07, 6.45) is 0.962. The van der Waals surface area contributed by atoms with Gasteiger partial charge in [-0.05, 0) is 24.1 Å². The van der Waals surface area contributed by atoms with Gasteiger partial charge in [0.15, 0.2) is 0 Å². The topological polar surface area (TPSA) is 58.6 Å². The van der Waals surface area contributed by atoms with Crippen LogP contribution in [0.2, 0.25) is 0 Å². The Morgan fingerprint density at radius 2 is 1.91 bits per heavy atom. The summed E-state index contributed by atoms with van der Waals surface area (Å²) < 4.78 is 17.7. The molecule has 1 N–H and O–H groups in total. The lowest BCUT2D eigenvalue weighted by molar-refractivity contribution is -0.129. The Morgan fingerprint density at radius 3 is 2.50 bits per heavy atom. The van der Waals surface area contributed by atoms with Gasteiger partial charge in [0.2, 0.25) is 11.8 Å². The number of amides is 2. The molecule has 122 valence electrons. The summed E-state index contributed by atoms with van der Waals surface area (Å²) in [5, 5.41) is 2.76. The minimum atomic E-state index is -0.322. The van der Waals surface area contributed by atoms with Crippen LogP contribution < -0.4 is 5.32 Å². The van der Waals surface area contributed by atoms with Crippen molar-refractivity contribution in [2.24, 2.45) is 0 Å². The van der Waals surface area contributed by atoms with E-state index in [1.807, 2.05) is 0 Å². The number of nitrogens with zero attached hydrogens (tertiary/aromatic N) is 1. The first-order valence-electron chi connectivity index (χ1n) is 7.28. The van der Waals surface area contributed by atoms with Crippen molar-refractivity contribution in [3.8, 4) is 0 Å². The van der Waals surface area contributed by atoms with Crippen molar-refractivity contribution in [1.29, 1.82) is 0 Å². The second kappa shape index (κ2) is 9.89. The molecule has 1 rings (SSSR count). The quantitative estimate of drug-likeness (QED) is 0.701. The first kappa shape index (κ1) is 18.1. The van der Waals surface area contributed by atoms with Gasteiger partial charge in [0, 0.05) is 40.3 Å². The van der Waals surface area contributed by atoms with Crippen molar-refractivity contribution in [2.75, 3.05) is 33.4 Å². The molecule has 0 saturated carbocycles. The second-order valence-electron chi connectivity index (χ2n) is 5.01. The Labute approximate surface area is 130 Å². The second-order valence-corrected chi connectivity index (χ2v) is 5.01. The van der Waals surface area contributed by atoms with E-state index >= 15 is 0 Å². The van der Waals surface area contributed by atoms with E-state index in [2.05, 4.69) is 5.32 Å². The number of hydrogen-bond donors (Lipinski definition) is 1. The summed E-state index contributed by atoms with van der Waals surface area (Å²) in [5.41, 5.74) is 0.752. The van der Waals surface area contributed by atoms with Gasteiger partial charge in [0.05, 0.1) is 6.42 Å². The molecule has 0 spiro atoms. The summed E-state index contributed by atoms with van der Waals surface area (Å²) >= 11 is 0. The smallest absolute Gasteiger partial charge is 0.224 e. The number of hydrogen-bond acceptors (Lipinski definition) is 3. The number of carbonyl (C=O) groups is 2. The van der Waals surface area contributed by atoms with Gasteiger partial charge in [-0.3, -0.25) is 9.59 Å². The van der Waals surface area contributed by atoms with Crippen molar-refractivity contribution >= 4 is 11.8 Å². The molecule has 0 bridgehead atoms. The number of carbonyl (C=O) groups excluding carboxylic acids is 2. The van der Waals surface area contributed by atoms with E-state index in [1.54, 1.807) is 24.1 Å². The standard InChI is InChI=1S/C16H23FN2O3/c1-13(20)19(9-3-11-22-2)10-8-18-16(21)12-14-4-6-15(17)7-5-14/h4-7H,3,8-12H2,1-2H3,(H,18,21). The molecule has 0 heterocycles. The first-order chi connectivity index (χ1) is 10.5. The first-order valence-corrected chi connectivity index (χ1v) is 7.28. The summed E-state index contributed by atoms with van der Waals surface area (Å²) in [6, 6.07) is 5.83. The predicted octanol–water partition coefficient (Wildman–Crippen LogP) is 1.37. The Morgan fingerprint density at radius 1 is 1.23 bits per heavy atom. The van der Waals surface area contributed by atoms with Gasteiger partial charge in [-0.15, -0.1) is 0 Å². The molecular weight excluding hydrogens is 287 g/mol. The van der Waals surface area contributed by atoms with Gasteiger partial charge in [-0.25, -0.2) is 4.39 Å². The molecule has 0 aliphatic heterocycles.